The number of nitrogens with two attached hydrogens (primary N) is 1. The van der Waals surface area contributed by atoms with Crippen molar-refractivity contribution in [1.82, 2.24) is 0 Å². The zero-order valence-corrected chi connectivity index (χ0v) is 11.6. The molecular formula is C14H19NO5. The number of hydrogen-bond donors (Lipinski definition) is 1. The van der Waals surface area contributed by atoms with Crippen LogP contribution in [0.1, 0.15) is 20.3 Å². The van der Waals surface area contributed by atoms with Gasteiger partial charge in [0.1, 0.15) is 11.5 Å². The van der Waals surface area contributed by atoms with Crippen LogP contribution in [-0.4, -0.2) is 31.2 Å². The van der Waals surface area contributed by atoms with E-state index in [1.54, 1.807) is 24.3 Å². The van der Waals surface area contributed by atoms with Crippen LogP contribution in [-0.2, 0) is 14.3 Å². The van der Waals surface area contributed by atoms with Crippen molar-refractivity contribution >= 4 is 11.9 Å². The molecule has 0 radical (unpaired) electrons. The normalized spacial score (nSPS) is 11.5. The number of carbonyl (C=O) groups excluding carboxylic acids is 2. The van der Waals surface area contributed by atoms with Crippen LogP contribution >= 0.6 is 0 Å². The van der Waals surface area contributed by atoms with Gasteiger partial charge in [0.05, 0.1) is 19.6 Å². The number of amides is 1. The van der Waals surface area contributed by atoms with Gasteiger partial charge in [0.15, 0.2) is 6.10 Å². The van der Waals surface area contributed by atoms with E-state index in [4.69, 9.17) is 19.9 Å². The molecule has 1 unspecified atom stereocenters. The van der Waals surface area contributed by atoms with Gasteiger partial charge in [0.2, 0.25) is 0 Å². The van der Waals surface area contributed by atoms with E-state index in [1.807, 2.05) is 6.92 Å². The average molecular weight is 281 g/mol. The van der Waals surface area contributed by atoms with E-state index in [2.05, 4.69) is 0 Å². The second-order valence-electron chi connectivity index (χ2n) is 4.04. The minimum Gasteiger partial charge on any atom is -0.494 e. The van der Waals surface area contributed by atoms with Crippen LogP contribution in [0.25, 0.3) is 0 Å². The third-order valence-electron chi connectivity index (χ3n) is 2.42. The molecule has 1 rings (SSSR count). The highest BCUT2D eigenvalue weighted by Gasteiger charge is 2.14. The Hall–Kier alpha value is -2.24. The van der Waals surface area contributed by atoms with E-state index >= 15 is 0 Å². The molecule has 0 fully saturated rings. The summed E-state index contributed by atoms with van der Waals surface area (Å²) in [6.07, 6.45) is -0.877. The molecule has 1 amide bonds. The molecule has 6 nitrogen and oxygen atoms in total. The maximum atomic E-state index is 11.4. The highest BCUT2D eigenvalue weighted by molar-refractivity contribution is 5.81. The first-order valence-electron chi connectivity index (χ1n) is 6.37. The SMILES string of the molecule is CCOc1ccc(OCCC(=O)OC(C)C(N)=O)cc1. The van der Waals surface area contributed by atoms with Crippen LogP contribution in [0.4, 0.5) is 0 Å². The minimum absolute atomic E-state index is 0.0465. The van der Waals surface area contributed by atoms with Crippen LogP contribution in [0.15, 0.2) is 24.3 Å². The molecule has 0 aliphatic carbocycles. The number of rotatable bonds is 8. The maximum Gasteiger partial charge on any atom is 0.310 e. The molecule has 20 heavy (non-hydrogen) atoms. The van der Waals surface area contributed by atoms with Crippen molar-refractivity contribution in [3.63, 3.8) is 0 Å². The molecule has 0 saturated heterocycles. The molecule has 0 aromatic heterocycles. The van der Waals surface area contributed by atoms with E-state index in [-0.39, 0.29) is 13.0 Å². The van der Waals surface area contributed by atoms with Gasteiger partial charge in [0, 0.05) is 0 Å². The van der Waals surface area contributed by atoms with Crippen molar-refractivity contribution in [2.24, 2.45) is 5.73 Å². The molecule has 0 aliphatic rings. The Bertz CT molecular complexity index is 443. The highest BCUT2D eigenvalue weighted by atomic mass is 16.5. The first-order valence-corrected chi connectivity index (χ1v) is 6.37. The predicted molar refractivity (Wildman–Crippen MR) is 72.5 cm³/mol. The zero-order valence-electron chi connectivity index (χ0n) is 11.6. The molecule has 0 heterocycles. The number of benzene rings is 1. The highest BCUT2D eigenvalue weighted by Crippen LogP contribution is 2.17. The largest absolute Gasteiger partial charge is 0.494 e. The molecule has 0 aliphatic heterocycles. The number of carbonyl (C=O) groups is 2. The Balaban J connectivity index is 2.29. The summed E-state index contributed by atoms with van der Waals surface area (Å²) in [5.74, 6) is 0.187. The lowest BCUT2D eigenvalue weighted by Crippen LogP contribution is -2.30. The second kappa shape index (κ2) is 8.04. The van der Waals surface area contributed by atoms with Crippen LogP contribution in [0.3, 0.4) is 0 Å². The predicted octanol–water partition coefficient (Wildman–Crippen LogP) is 1.27. The lowest BCUT2D eigenvalue weighted by atomic mass is 10.3. The summed E-state index contributed by atoms with van der Waals surface area (Å²) in [6, 6.07) is 7.07. The van der Waals surface area contributed by atoms with Crippen LogP contribution < -0.4 is 15.2 Å². The van der Waals surface area contributed by atoms with Crippen molar-refractivity contribution in [2.45, 2.75) is 26.4 Å². The third-order valence-corrected chi connectivity index (χ3v) is 2.42. The monoisotopic (exact) mass is 281 g/mol. The van der Waals surface area contributed by atoms with Crippen molar-refractivity contribution in [1.29, 1.82) is 0 Å². The molecule has 1 atom stereocenters. The minimum atomic E-state index is -0.923. The summed E-state index contributed by atoms with van der Waals surface area (Å²) in [6.45, 7) is 4.10. The summed E-state index contributed by atoms with van der Waals surface area (Å²) >= 11 is 0. The maximum absolute atomic E-state index is 11.4. The Morgan fingerprint density at radius 3 is 2.20 bits per heavy atom. The Kier molecular flexibility index (Phi) is 6.36. The first-order chi connectivity index (χ1) is 9.52. The molecule has 6 heteroatoms. The fourth-order valence-electron chi connectivity index (χ4n) is 1.37. The quantitative estimate of drug-likeness (QED) is 0.725. The number of esters is 1. The van der Waals surface area contributed by atoms with Crippen LogP contribution in [0.5, 0.6) is 11.5 Å². The van der Waals surface area contributed by atoms with Crippen molar-refractivity contribution in [3.05, 3.63) is 24.3 Å². The van der Waals surface area contributed by atoms with E-state index in [0.717, 1.165) is 5.75 Å². The molecule has 0 saturated carbocycles. The lowest BCUT2D eigenvalue weighted by Gasteiger charge is -2.10. The molecule has 110 valence electrons. The average Bonchev–Trinajstić information content (AvgIpc) is 2.41. The van der Waals surface area contributed by atoms with E-state index in [1.165, 1.54) is 6.92 Å². The van der Waals surface area contributed by atoms with Gasteiger partial charge in [-0.25, -0.2) is 0 Å². The van der Waals surface area contributed by atoms with Gasteiger partial charge in [-0.3, -0.25) is 9.59 Å². The van der Waals surface area contributed by atoms with Crippen molar-refractivity contribution < 1.29 is 23.8 Å². The van der Waals surface area contributed by atoms with E-state index in [9.17, 15) is 9.59 Å². The van der Waals surface area contributed by atoms with Crippen molar-refractivity contribution in [3.8, 4) is 11.5 Å². The van der Waals surface area contributed by atoms with Crippen molar-refractivity contribution in [2.75, 3.05) is 13.2 Å². The van der Waals surface area contributed by atoms with Gasteiger partial charge in [-0.1, -0.05) is 0 Å². The zero-order chi connectivity index (χ0) is 15.0. The number of ether oxygens (including phenoxy) is 3. The molecule has 0 bridgehead atoms. The van der Waals surface area contributed by atoms with Crippen LogP contribution in [0.2, 0.25) is 0 Å². The van der Waals surface area contributed by atoms with Gasteiger partial charge >= 0.3 is 5.97 Å². The topological polar surface area (TPSA) is 87.8 Å². The second-order valence-corrected chi connectivity index (χ2v) is 4.04. The molecule has 2 N–H and O–H groups in total. The first kappa shape index (κ1) is 15.8. The fourth-order valence-corrected chi connectivity index (χ4v) is 1.37. The van der Waals surface area contributed by atoms with Crippen LogP contribution in [0, 0.1) is 0 Å². The van der Waals surface area contributed by atoms with Gasteiger partial charge in [-0.15, -0.1) is 0 Å². The lowest BCUT2D eigenvalue weighted by molar-refractivity contribution is -0.154. The molecule has 0 spiro atoms. The smallest absolute Gasteiger partial charge is 0.310 e. The fraction of sp³-hybridized carbons (Fsp3) is 0.429. The number of primary amides is 1. The summed E-state index contributed by atoms with van der Waals surface area (Å²) in [4.78, 5) is 22.1. The summed E-state index contributed by atoms with van der Waals surface area (Å²) < 4.78 is 15.5. The summed E-state index contributed by atoms with van der Waals surface area (Å²) in [5, 5.41) is 0. The number of hydrogen-bond acceptors (Lipinski definition) is 5. The van der Waals surface area contributed by atoms with Gasteiger partial charge in [-0.2, -0.15) is 0 Å². The van der Waals surface area contributed by atoms with Gasteiger partial charge in [0.25, 0.3) is 5.91 Å². The summed E-state index contributed by atoms with van der Waals surface area (Å²) in [7, 11) is 0. The Labute approximate surface area is 117 Å². The molecule has 1 aromatic carbocycles. The standard InChI is InChI=1S/C14H19NO5/c1-3-18-11-4-6-12(7-5-11)19-9-8-13(16)20-10(2)14(15)17/h4-7,10H,3,8-9H2,1-2H3,(H2,15,17). The van der Waals surface area contributed by atoms with Gasteiger partial charge in [-0.05, 0) is 38.1 Å². The third kappa shape index (κ3) is 5.60. The van der Waals surface area contributed by atoms with E-state index in [0.29, 0.717) is 12.4 Å². The Morgan fingerprint density at radius 2 is 1.70 bits per heavy atom. The van der Waals surface area contributed by atoms with Gasteiger partial charge < -0.3 is 19.9 Å². The molecule has 1 aromatic rings. The molecular weight excluding hydrogens is 262 g/mol. The summed E-state index contributed by atoms with van der Waals surface area (Å²) in [5.41, 5.74) is 4.98. The Morgan fingerprint density at radius 1 is 1.15 bits per heavy atom. The van der Waals surface area contributed by atoms with E-state index < -0.39 is 18.0 Å².